The second-order valence-electron chi connectivity index (χ2n) is 10.9. The molecule has 0 spiro atoms. The van der Waals surface area contributed by atoms with Crippen molar-refractivity contribution in [1.29, 1.82) is 0 Å². The summed E-state index contributed by atoms with van der Waals surface area (Å²) in [6.45, 7) is -0.686. The zero-order valence-electron chi connectivity index (χ0n) is 22.4. The number of nitro benzene ring substituents is 1. The van der Waals surface area contributed by atoms with Crippen LogP contribution in [0.15, 0.2) is 97.1 Å². The second-order valence-corrected chi connectivity index (χ2v) is 11.3. The number of amides is 3. The largest absolute Gasteiger partial charge is 0.292 e. The standard InChI is InChI=1S/C33H22ClN3O6/c34-20-14-12-18(13-15-20)31(39)35(17-26(38)19-6-5-7-21(16-19)37(42)43)36-32(40)29-27-22-8-1-2-9-23(22)28(30(29)33(36)41)25-11-4-3-10-24(25)27/h1-16,27-30H,17H2/t27?,28?,29-,30-/m1/s1. The van der Waals surface area contributed by atoms with Gasteiger partial charge in [-0.1, -0.05) is 72.3 Å². The molecule has 9 nitrogen and oxygen atoms in total. The lowest BCUT2D eigenvalue weighted by Crippen LogP contribution is -2.52. The number of halogens is 1. The molecular weight excluding hydrogens is 570 g/mol. The molecule has 43 heavy (non-hydrogen) atoms. The lowest BCUT2D eigenvalue weighted by atomic mass is 9.55. The van der Waals surface area contributed by atoms with Gasteiger partial charge in [-0.15, -0.1) is 0 Å². The van der Waals surface area contributed by atoms with E-state index in [-0.39, 0.29) is 16.8 Å². The molecule has 2 atom stereocenters. The molecule has 0 N–H and O–H groups in total. The Morgan fingerprint density at radius 2 is 1.26 bits per heavy atom. The Morgan fingerprint density at radius 1 is 0.744 bits per heavy atom. The Hall–Kier alpha value is -5.15. The van der Waals surface area contributed by atoms with Crippen molar-refractivity contribution in [3.63, 3.8) is 0 Å². The lowest BCUT2D eigenvalue weighted by Gasteiger charge is -2.45. The lowest BCUT2D eigenvalue weighted by molar-refractivity contribution is -0.384. The molecule has 1 fully saturated rings. The van der Waals surface area contributed by atoms with Crippen molar-refractivity contribution in [3.8, 4) is 0 Å². The topological polar surface area (TPSA) is 118 Å². The van der Waals surface area contributed by atoms with Crippen LogP contribution in [0, 0.1) is 22.0 Å². The van der Waals surface area contributed by atoms with E-state index in [2.05, 4.69) is 0 Å². The van der Waals surface area contributed by atoms with Crippen LogP contribution in [0.25, 0.3) is 0 Å². The Kier molecular flexibility index (Phi) is 6.21. The minimum absolute atomic E-state index is 0.0282. The number of ketones is 1. The molecule has 3 aliphatic carbocycles. The summed E-state index contributed by atoms with van der Waals surface area (Å²) in [6.07, 6.45) is 0. The van der Waals surface area contributed by atoms with Crippen molar-refractivity contribution >= 4 is 40.8 Å². The van der Waals surface area contributed by atoms with Gasteiger partial charge in [-0.25, -0.2) is 5.01 Å². The molecule has 1 heterocycles. The molecule has 3 amide bonds. The van der Waals surface area contributed by atoms with Crippen LogP contribution in [0.1, 0.15) is 54.8 Å². The van der Waals surface area contributed by atoms with Gasteiger partial charge in [-0.05, 0) is 46.5 Å². The third-order valence-electron chi connectivity index (χ3n) is 8.66. The Balaban J connectivity index is 1.32. The average molecular weight is 592 g/mol. The predicted molar refractivity (Wildman–Crippen MR) is 155 cm³/mol. The number of hydrazine groups is 1. The van der Waals surface area contributed by atoms with Crippen LogP contribution in [-0.2, 0) is 9.59 Å². The van der Waals surface area contributed by atoms with Gasteiger partial charge < -0.3 is 0 Å². The molecule has 212 valence electrons. The first-order valence-corrected chi connectivity index (χ1v) is 14.0. The number of carbonyl (C=O) groups excluding carboxylic acids is 4. The average Bonchev–Trinajstić information content (AvgIpc) is 3.29. The van der Waals surface area contributed by atoms with Crippen LogP contribution < -0.4 is 0 Å². The van der Waals surface area contributed by atoms with Gasteiger partial charge in [0.15, 0.2) is 5.78 Å². The Labute approximate surface area is 250 Å². The van der Waals surface area contributed by atoms with Gasteiger partial charge >= 0.3 is 0 Å². The van der Waals surface area contributed by atoms with Crippen LogP contribution in [0.2, 0.25) is 5.02 Å². The highest BCUT2D eigenvalue weighted by Crippen LogP contribution is 2.61. The summed E-state index contributed by atoms with van der Waals surface area (Å²) in [7, 11) is 0. The molecule has 0 radical (unpaired) electrons. The number of Topliss-reactive ketones (excluding diaryl/α,β-unsaturated/α-hetero) is 1. The van der Waals surface area contributed by atoms with Crippen LogP contribution in [-0.4, -0.2) is 45.0 Å². The van der Waals surface area contributed by atoms with E-state index in [1.807, 2.05) is 48.5 Å². The maximum atomic E-state index is 14.3. The minimum atomic E-state index is -0.768. The molecule has 1 aliphatic heterocycles. The number of hydrogen-bond donors (Lipinski definition) is 0. The molecule has 0 saturated carbocycles. The highest BCUT2D eigenvalue weighted by atomic mass is 35.5. The van der Waals surface area contributed by atoms with E-state index in [0.29, 0.717) is 5.02 Å². The van der Waals surface area contributed by atoms with E-state index in [9.17, 15) is 29.3 Å². The summed E-state index contributed by atoms with van der Waals surface area (Å²) >= 11 is 6.03. The number of imide groups is 1. The molecule has 0 unspecified atom stereocenters. The molecule has 8 rings (SSSR count). The van der Waals surface area contributed by atoms with E-state index in [1.54, 1.807) is 0 Å². The van der Waals surface area contributed by atoms with Crippen LogP contribution in [0.4, 0.5) is 5.69 Å². The molecule has 4 aromatic carbocycles. The third-order valence-corrected chi connectivity index (χ3v) is 8.92. The van der Waals surface area contributed by atoms with E-state index in [4.69, 9.17) is 11.6 Å². The molecule has 0 aromatic heterocycles. The first-order valence-electron chi connectivity index (χ1n) is 13.7. The number of rotatable bonds is 6. The first kappa shape index (κ1) is 26.7. The van der Waals surface area contributed by atoms with Crippen molar-refractivity contribution in [3.05, 3.63) is 146 Å². The SMILES string of the molecule is O=C(CN(C(=O)c1ccc(Cl)cc1)N1C(=O)[C@@H]2C3c4ccccc4C(c4ccccc43)[C@H]2C1=O)c1cccc([N+](=O)[O-])c1. The van der Waals surface area contributed by atoms with Crippen molar-refractivity contribution in [2.45, 2.75) is 11.8 Å². The quantitative estimate of drug-likeness (QED) is 0.129. The Bertz CT molecular complexity index is 1760. The van der Waals surface area contributed by atoms with Gasteiger partial charge in [-0.3, -0.25) is 29.3 Å². The van der Waals surface area contributed by atoms with Gasteiger partial charge in [0.1, 0.15) is 6.54 Å². The maximum Gasteiger partial charge on any atom is 0.273 e. The highest BCUT2D eigenvalue weighted by Gasteiger charge is 2.63. The van der Waals surface area contributed by atoms with Gasteiger partial charge in [0.05, 0.1) is 16.8 Å². The number of benzene rings is 4. The van der Waals surface area contributed by atoms with E-state index in [0.717, 1.165) is 38.3 Å². The monoisotopic (exact) mass is 591 g/mol. The second kappa shape index (κ2) is 9.99. The zero-order valence-corrected chi connectivity index (χ0v) is 23.2. The van der Waals surface area contributed by atoms with Crippen LogP contribution in [0.3, 0.4) is 0 Å². The smallest absolute Gasteiger partial charge is 0.273 e. The predicted octanol–water partition coefficient (Wildman–Crippen LogP) is 5.38. The fourth-order valence-electron chi connectivity index (χ4n) is 6.89. The van der Waals surface area contributed by atoms with Gasteiger partial charge in [0.25, 0.3) is 23.4 Å². The first-order chi connectivity index (χ1) is 20.8. The van der Waals surface area contributed by atoms with Crippen molar-refractivity contribution < 1.29 is 24.1 Å². The molecule has 1 saturated heterocycles. The molecule has 10 heteroatoms. The number of non-ortho nitro benzene ring substituents is 1. The van der Waals surface area contributed by atoms with Crippen LogP contribution in [0.5, 0.6) is 0 Å². The van der Waals surface area contributed by atoms with Crippen LogP contribution >= 0.6 is 11.6 Å². The summed E-state index contributed by atoms with van der Waals surface area (Å²) < 4.78 is 0. The van der Waals surface area contributed by atoms with E-state index in [1.165, 1.54) is 42.5 Å². The summed E-state index contributed by atoms with van der Waals surface area (Å²) in [5, 5.41) is 13.4. The summed E-state index contributed by atoms with van der Waals surface area (Å²) in [4.78, 5) is 66.9. The minimum Gasteiger partial charge on any atom is -0.292 e. The molecule has 4 aromatic rings. The maximum absolute atomic E-state index is 14.3. The number of nitro groups is 1. The van der Waals surface area contributed by atoms with E-state index >= 15 is 0 Å². The summed E-state index contributed by atoms with van der Waals surface area (Å²) in [6, 6.07) is 26.5. The van der Waals surface area contributed by atoms with E-state index < -0.39 is 58.6 Å². The fraction of sp³-hybridized carbons (Fsp3) is 0.152. The van der Waals surface area contributed by atoms with Gasteiger partial charge in [0, 0.05) is 40.1 Å². The molecule has 2 bridgehead atoms. The summed E-state index contributed by atoms with van der Waals surface area (Å²) in [5.74, 6) is -4.89. The van der Waals surface area contributed by atoms with Crippen molar-refractivity contribution in [2.24, 2.45) is 11.8 Å². The number of carbonyl (C=O) groups is 4. The fourth-order valence-corrected chi connectivity index (χ4v) is 7.02. The normalized spacial score (nSPS) is 21.2. The summed E-state index contributed by atoms with van der Waals surface area (Å²) in [5.41, 5.74) is 3.67. The highest BCUT2D eigenvalue weighted by molar-refractivity contribution is 6.30. The van der Waals surface area contributed by atoms with Crippen molar-refractivity contribution in [2.75, 3.05) is 6.54 Å². The third kappa shape index (κ3) is 4.07. The molecular formula is C33H22ClN3O6. The van der Waals surface area contributed by atoms with Gasteiger partial charge in [0.2, 0.25) is 0 Å². The number of nitrogens with zero attached hydrogens (tertiary/aromatic N) is 3. The van der Waals surface area contributed by atoms with Gasteiger partial charge in [-0.2, -0.15) is 5.01 Å². The molecule has 4 aliphatic rings. The number of hydrogen-bond acceptors (Lipinski definition) is 6. The zero-order chi connectivity index (χ0) is 30.0. The van der Waals surface area contributed by atoms with Crippen molar-refractivity contribution in [1.82, 2.24) is 10.0 Å². The Morgan fingerprint density at radius 3 is 1.74 bits per heavy atom.